The first-order valence-electron chi connectivity index (χ1n) is 10.4. The van der Waals surface area contributed by atoms with Gasteiger partial charge in [-0.25, -0.2) is 9.78 Å². The van der Waals surface area contributed by atoms with E-state index in [0.717, 1.165) is 42.9 Å². The van der Waals surface area contributed by atoms with E-state index in [0.29, 0.717) is 6.54 Å². The van der Waals surface area contributed by atoms with Crippen LogP contribution < -0.4 is 21.9 Å². The lowest BCUT2D eigenvalue weighted by Crippen LogP contribution is -2.39. The van der Waals surface area contributed by atoms with Crippen molar-refractivity contribution in [2.75, 3.05) is 44.6 Å². The van der Waals surface area contributed by atoms with Crippen molar-refractivity contribution in [1.29, 1.82) is 0 Å². The predicted octanol–water partition coefficient (Wildman–Crippen LogP) is -0.328. The molecule has 2 N–H and O–H groups in total. The van der Waals surface area contributed by atoms with Crippen molar-refractivity contribution in [3.63, 3.8) is 0 Å². The molecule has 0 aliphatic heterocycles. The summed E-state index contributed by atoms with van der Waals surface area (Å²) in [7, 11) is 1.43. The van der Waals surface area contributed by atoms with Crippen LogP contribution in [0.4, 0.5) is 5.95 Å². The Morgan fingerprint density at radius 2 is 1.90 bits per heavy atom. The largest absolute Gasteiger partial charge is 0.352 e. The lowest BCUT2D eigenvalue weighted by Gasteiger charge is -2.18. The topological polar surface area (TPSA) is 123 Å². The Morgan fingerprint density at radius 1 is 1.10 bits per heavy atom. The molecule has 3 aromatic heterocycles. The van der Waals surface area contributed by atoms with E-state index in [-0.39, 0.29) is 23.7 Å². The summed E-state index contributed by atoms with van der Waals surface area (Å²) >= 11 is 0. The van der Waals surface area contributed by atoms with Crippen LogP contribution in [0.15, 0.2) is 34.1 Å². The third-order valence-electron chi connectivity index (χ3n) is 5.10. The van der Waals surface area contributed by atoms with Crippen molar-refractivity contribution in [2.45, 2.75) is 20.4 Å². The average Bonchev–Trinajstić information content (AvgIpc) is 2.80. The fourth-order valence-electron chi connectivity index (χ4n) is 3.22. The third-order valence-corrected chi connectivity index (χ3v) is 5.10. The van der Waals surface area contributed by atoms with E-state index < -0.39 is 11.2 Å². The molecule has 31 heavy (non-hydrogen) atoms. The Balaban J connectivity index is 1.72. The Labute approximate surface area is 180 Å². The molecule has 0 saturated carbocycles. The van der Waals surface area contributed by atoms with Crippen molar-refractivity contribution in [2.24, 2.45) is 7.05 Å². The molecule has 0 spiro atoms. The van der Waals surface area contributed by atoms with Crippen LogP contribution in [0.2, 0.25) is 0 Å². The lowest BCUT2D eigenvalue weighted by atomic mass is 10.3. The molecule has 11 nitrogen and oxygen atoms in total. The van der Waals surface area contributed by atoms with Gasteiger partial charge in [-0.3, -0.25) is 18.9 Å². The van der Waals surface area contributed by atoms with Crippen LogP contribution >= 0.6 is 0 Å². The minimum atomic E-state index is -0.502. The van der Waals surface area contributed by atoms with Crippen LogP contribution in [0.5, 0.6) is 0 Å². The maximum absolute atomic E-state index is 12.6. The summed E-state index contributed by atoms with van der Waals surface area (Å²) in [4.78, 5) is 36.0. The molecule has 0 saturated heterocycles. The van der Waals surface area contributed by atoms with Gasteiger partial charge >= 0.3 is 5.69 Å². The molecule has 0 aliphatic rings. The van der Waals surface area contributed by atoms with E-state index >= 15 is 0 Å². The number of rotatable bonds is 11. The number of anilines is 1. The number of nitrogens with zero attached hydrogens (tertiary/aromatic N) is 7. The minimum absolute atomic E-state index is 0.0954. The number of fused-ring (bicyclic) bond motifs is 1. The number of nitrogens with one attached hydrogen (secondary N) is 2. The number of aromatic nitrogens is 6. The fourth-order valence-corrected chi connectivity index (χ4v) is 3.22. The Morgan fingerprint density at radius 3 is 2.61 bits per heavy atom. The predicted molar refractivity (Wildman–Crippen MR) is 119 cm³/mol. The molecule has 3 heterocycles. The summed E-state index contributed by atoms with van der Waals surface area (Å²) in [5, 5.41) is 14.6. The van der Waals surface area contributed by atoms with Crippen LogP contribution in [-0.4, -0.2) is 73.5 Å². The van der Waals surface area contributed by atoms with E-state index in [1.54, 1.807) is 18.5 Å². The standard InChI is InChI=1S/C20H29N9O2/c1-4-28(5-2)12-11-21-9-10-23-19-24-16-17(25-26-19)29(20(31)27(3)18(16)30)14-15-7-6-8-22-13-15/h6-8,13,21H,4-5,9-12,14H2,1-3H3,(H,23,24,26). The highest BCUT2D eigenvalue weighted by Crippen LogP contribution is 2.07. The fraction of sp³-hybridized carbons (Fsp3) is 0.500. The van der Waals surface area contributed by atoms with E-state index in [2.05, 4.69) is 49.5 Å². The van der Waals surface area contributed by atoms with Crippen LogP contribution in [0, 0.1) is 0 Å². The zero-order valence-corrected chi connectivity index (χ0v) is 18.2. The van der Waals surface area contributed by atoms with Gasteiger partial charge in [0.15, 0.2) is 11.2 Å². The molecule has 0 radical (unpaired) electrons. The number of pyridine rings is 1. The van der Waals surface area contributed by atoms with E-state index in [1.807, 2.05) is 6.07 Å². The summed E-state index contributed by atoms with van der Waals surface area (Å²) in [5.74, 6) is 0.252. The Hall–Kier alpha value is -3.18. The zero-order chi connectivity index (χ0) is 22.2. The molecule has 0 amide bonds. The molecule has 0 atom stereocenters. The highest BCUT2D eigenvalue weighted by atomic mass is 16.2. The molecule has 11 heteroatoms. The second-order valence-electron chi connectivity index (χ2n) is 7.11. The van der Waals surface area contributed by atoms with Gasteiger partial charge in [0.1, 0.15) is 0 Å². The summed E-state index contributed by atoms with van der Waals surface area (Å²) in [6.45, 7) is 9.78. The number of hydrogen-bond donors (Lipinski definition) is 2. The molecule has 166 valence electrons. The Bertz CT molecular complexity index is 1110. The maximum Gasteiger partial charge on any atom is 0.332 e. The van der Waals surface area contributed by atoms with Crippen molar-refractivity contribution in [3.05, 3.63) is 50.9 Å². The molecule has 0 aliphatic carbocycles. The number of hydrogen-bond acceptors (Lipinski definition) is 9. The minimum Gasteiger partial charge on any atom is -0.352 e. The number of likely N-dealkylation sites (N-methyl/N-ethyl adjacent to an activating group) is 1. The lowest BCUT2D eigenvalue weighted by molar-refractivity contribution is 0.303. The summed E-state index contributed by atoms with van der Waals surface area (Å²) in [6.07, 6.45) is 3.32. The average molecular weight is 428 g/mol. The van der Waals surface area contributed by atoms with Gasteiger partial charge in [-0.2, -0.15) is 0 Å². The second-order valence-corrected chi connectivity index (χ2v) is 7.11. The molecule has 0 aromatic carbocycles. The van der Waals surface area contributed by atoms with Crippen molar-refractivity contribution in [1.82, 2.24) is 39.5 Å². The normalized spacial score (nSPS) is 11.4. The molecule has 3 aromatic rings. The van der Waals surface area contributed by atoms with Gasteiger partial charge in [0, 0.05) is 45.6 Å². The molecule has 0 unspecified atom stereocenters. The zero-order valence-electron chi connectivity index (χ0n) is 18.2. The maximum atomic E-state index is 12.6. The smallest absolute Gasteiger partial charge is 0.332 e. The molecule has 0 bridgehead atoms. The second kappa shape index (κ2) is 10.7. The van der Waals surface area contributed by atoms with Gasteiger partial charge in [0.25, 0.3) is 5.56 Å². The molecular formula is C20H29N9O2. The molecule has 0 fully saturated rings. The first-order chi connectivity index (χ1) is 15.0. The van der Waals surface area contributed by atoms with Crippen LogP contribution in [0.25, 0.3) is 11.2 Å². The molecule has 3 rings (SSSR count). The molecular weight excluding hydrogens is 398 g/mol. The monoisotopic (exact) mass is 427 g/mol. The van der Waals surface area contributed by atoms with Crippen molar-refractivity contribution in [3.8, 4) is 0 Å². The van der Waals surface area contributed by atoms with Gasteiger partial charge < -0.3 is 15.5 Å². The van der Waals surface area contributed by atoms with E-state index in [1.165, 1.54) is 11.6 Å². The van der Waals surface area contributed by atoms with E-state index in [4.69, 9.17) is 0 Å². The summed E-state index contributed by atoms with van der Waals surface area (Å²) in [6, 6.07) is 3.63. The quantitative estimate of drug-likeness (QED) is 0.396. The van der Waals surface area contributed by atoms with Gasteiger partial charge in [0.05, 0.1) is 6.54 Å². The van der Waals surface area contributed by atoms with Crippen molar-refractivity contribution >= 4 is 17.1 Å². The first kappa shape index (κ1) is 22.5. The highest BCUT2D eigenvalue weighted by molar-refractivity contribution is 5.69. The Kier molecular flexibility index (Phi) is 7.79. The van der Waals surface area contributed by atoms with Gasteiger partial charge in [-0.15, -0.1) is 10.2 Å². The van der Waals surface area contributed by atoms with Crippen LogP contribution in [0.3, 0.4) is 0 Å². The van der Waals surface area contributed by atoms with Crippen LogP contribution in [0.1, 0.15) is 19.4 Å². The van der Waals surface area contributed by atoms with Gasteiger partial charge in [0.2, 0.25) is 5.95 Å². The SMILES string of the molecule is CCN(CC)CCNCCNc1nnc2c(n1)c(=O)n(C)c(=O)n2Cc1cccnc1. The first-order valence-corrected chi connectivity index (χ1v) is 10.4. The highest BCUT2D eigenvalue weighted by Gasteiger charge is 2.15. The van der Waals surface area contributed by atoms with Gasteiger partial charge in [-0.05, 0) is 24.7 Å². The summed E-state index contributed by atoms with van der Waals surface area (Å²) in [5.41, 5.74) is 0.0791. The summed E-state index contributed by atoms with van der Waals surface area (Å²) < 4.78 is 2.41. The van der Waals surface area contributed by atoms with Crippen LogP contribution in [-0.2, 0) is 13.6 Å². The third kappa shape index (κ3) is 5.50. The van der Waals surface area contributed by atoms with E-state index in [9.17, 15) is 9.59 Å². The van der Waals surface area contributed by atoms with Gasteiger partial charge in [-0.1, -0.05) is 19.9 Å². The van der Waals surface area contributed by atoms with Crippen molar-refractivity contribution < 1.29 is 0 Å².